The SMILES string of the molecule is CCCOC(=O)c1cc([N+](=O)[O-])ccc1N1CCNCC1. The molecule has 7 heteroatoms. The van der Waals surface area contributed by atoms with Gasteiger partial charge in [-0.15, -0.1) is 0 Å². The van der Waals surface area contributed by atoms with E-state index in [9.17, 15) is 14.9 Å². The summed E-state index contributed by atoms with van der Waals surface area (Å²) in [6.07, 6.45) is 0.712. The number of nitrogens with one attached hydrogen (secondary N) is 1. The van der Waals surface area contributed by atoms with Crippen molar-refractivity contribution in [1.82, 2.24) is 5.32 Å². The van der Waals surface area contributed by atoms with E-state index in [2.05, 4.69) is 5.32 Å². The lowest BCUT2D eigenvalue weighted by Crippen LogP contribution is -2.44. The highest BCUT2D eigenvalue weighted by atomic mass is 16.6. The maximum Gasteiger partial charge on any atom is 0.340 e. The van der Waals surface area contributed by atoms with Crippen LogP contribution < -0.4 is 10.2 Å². The second-order valence-corrected chi connectivity index (χ2v) is 4.83. The number of esters is 1. The average molecular weight is 293 g/mol. The van der Waals surface area contributed by atoms with Gasteiger partial charge >= 0.3 is 5.97 Å². The summed E-state index contributed by atoms with van der Waals surface area (Å²) in [5, 5.41) is 14.1. The maximum atomic E-state index is 12.2. The summed E-state index contributed by atoms with van der Waals surface area (Å²) >= 11 is 0. The number of hydrogen-bond acceptors (Lipinski definition) is 6. The molecule has 0 saturated carbocycles. The van der Waals surface area contributed by atoms with E-state index in [1.54, 1.807) is 6.07 Å². The quantitative estimate of drug-likeness (QED) is 0.504. The normalized spacial score (nSPS) is 14.8. The summed E-state index contributed by atoms with van der Waals surface area (Å²) in [6, 6.07) is 4.36. The van der Waals surface area contributed by atoms with E-state index in [1.165, 1.54) is 12.1 Å². The minimum absolute atomic E-state index is 0.0997. The average Bonchev–Trinajstić information content (AvgIpc) is 2.52. The Morgan fingerprint density at radius 1 is 1.43 bits per heavy atom. The van der Waals surface area contributed by atoms with Gasteiger partial charge in [0.1, 0.15) is 0 Å². The number of piperazine rings is 1. The van der Waals surface area contributed by atoms with Crippen molar-refractivity contribution < 1.29 is 14.5 Å². The summed E-state index contributed by atoms with van der Waals surface area (Å²) < 4.78 is 5.14. The predicted octanol–water partition coefficient (Wildman–Crippen LogP) is 1.57. The molecule has 1 saturated heterocycles. The van der Waals surface area contributed by atoms with Gasteiger partial charge in [-0.05, 0) is 12.5 Å². The van der Waals surface area contributed by atoms with Crippen LogP contribution in [0.25, 0.3) is 0 Å². The summed E-state index contributed by atoms with van der Waals surface area (Å²) in [6.45, 7) is 5.36. The zero-order valence-corrected chi connectivity index (χ0v) is 12.0. The number of carbonyl (C=O) groups is 1. The van der Waals surface area contributed by atoms with Crippen molar-refractivity contribution in [3.05, 3.63) is 33.9 Å². The third-order valence-electron chi connectivity index (χ3n) is 3.31. The number of non-ortho nitro benzene ring substituents is 1. The van der Waals surface area contributed by atoms with Crippen LogP contribution in [-0.2, 0) is 4.74 Å². The van der Waals surface area contributed by atoms with E-state index in [1.807, 2.05) is 11.8 Å². The molecule has 0 radical (unpaired) electrons. The first kappa shape index (κ1) is 15.2. The van der Waals surface area contributed by atoms with Crippen LogP contribution >= 0.6 is 0 Å². The van der Waals surface area contributed by atoms with Crippen molar-refractivity contribution in [2.45, 2.75) is 13.3 Å². The lowest BCUT2D eigenvalue weighted by Gasteiger charge is -2.30. The molecule has 114 valence electrons. The fourth-order valence-electron chi connectivity index (χ4n) is 2.26. The molecule has 0 aromatic heterocycles. The van der Waals surface area contributed by atoms with Gasteiger partial charge in [-0.25, -0.2) is 4.79 Å². The van der Waals surface area contributed by atoms with Gasteiger partial charge in [-0.3, -0.25) is 10.1 Å². The molecule has 1 aliphatic heterocycles. The first-order valence-corrected chi connectivity index (χ1v) is 7.04. The Bertz CT molecular complexity index is 527. The van der Waals surface area contributed by atoms with Crippen LogP contribution in [-0.4, -0.2) is 43.7 Å². The van der Waals surface area contributed by atoms with Crippen molar-refractivity contribution in [2.24, 2.45) is 0 Å². The lowest BCUT2D eigenvalue weighted by molar-refractivity contribution is -0.384. The number of nitro benzene ring substituents is 1. The van der Waals surface area contributed by atoms with Gasteiger partial charge in [-0.1, -0.05) is 6.92 Å². The molecular weight excluding hydrogens is 274 g/mol. The number of carbonyl (C=O) groups excluding carboxylic acids is 1. The minimum Gasteiger partial charge on any atom is -0.462 e. The van der Waals surface area contributed by atoms with E-state index >= 15 is 0 Å². The molecule has 1 aliphatic rings. The molecule has 21 heavy (non-hydrogen) atoms. The molecule has 0 bridgehead atoms. The Morgan fingerprint density at radius 2 is 2.14 bits per heavy atom. The lowest BCUT2D eigenvalue weighted by atomic mass is 10.1. The van der Waals surface area contributed by atoms with Crippen LogP contribution in [0.3, 0.4) is 0 Å². The minimum atomic E-state index is -0.505. The van der Waals surface area contributed by atoms with Gasteiger partial charge in [0.25, 0.3) is 5.69 Å². The molecule has 1 fully saturated rings. The molecule has 2 rings (SSSR count). The number of nitrogens with zero attached hydrogens (tertiary/aromatic N) is 2. The first-order chi connectivity index (χ1) is 10.1. The van der Waals surface area contributed by atoms with Crippen LogP contribution in [0.1, 0.15) is 23.7 Å². The fourth-order valence-corrected chi connectivity index (χ4v) is 2.26. The standard InChI is InChI=1S/C14H19N3O4/c1-2-9-21-14(18)12-10-11(17(19)20)3-4-13(12)16-7-5-15-6-8-16/h3-4,10,15H,2,5-9H2,1H3. The zero-order chi connectivity index (χ0) is 15.2. The molecule has 0 atom stereocenters. The van der Waals surface area contributed by atoms with Gasteiger partial charge < -0.3 is 15.0 Å². The first-order valence-electron chi connectivity index (χ1n) is 7.04. The summed E-state index contributed by atoms with van der Waals surface area (Å²) in [5.74, 6) is -0.505. The molecule has 1 aromatic rings. The largest absolute Gasteiger partial charge is 0.462 e. The monoisotopic (exact) mass is 293 g/mol. The van der Waals surface area contributed by atoms with Crippen molar-refractivity contribution in [1.29, 1.82) is 0 Å². The summed E-state index contributed by atoms with van der Waals surface area (Å²) in [5.41, 5.74) is 0.861. The number of ether oxygens (including phenoxy) is 1. The van der Waals surface area contributed by atoms with E-state index in [-0.39, 0.29) is 11.3 Å². The van der Waals surface area contributed by atoms with Gasteiger partial charge in [0, 0.05) is 38.3 Å². The van der Waals surface area contributed by atoms with Crippen LogP contribution in [0.5, 0.6) is 0 Å². The fraction of sp³-hybridized carbons (Fsp3) is 0.500. The number of nitro groups is 1. The second kappa shape index (κ2) is 7.03. The number of rotatable bonds is 5. The number of benzene rings is 1. The Balaban J connectivity index is 2.33. The predicted molar refractivity (Wildman–Crippen MR) is 78.8 cm³/mol. The van der Waals surface area contributed by atoms with E-state index < -0.39 is 10.9 Å². The van der Waals surface area contributed by atoms with Crippen molar-refractivity contribution in [3.8, 4) is 0 Å². The van der Waals surface area contributed by atoms with Crippen molar-refractivity contribution in [2.75, 3.05) is 37.7 Å². The van der Waals surface area contributed by atoms with Crippen molar-refractivity contribution >= 4 is 17.3 Å². The molecule has 1 aromatic carbocycles. The van der Waals surface area contributed by atoms with Crippen LogP contribution in [0.15, 0.2) is 18.2 Å². The Hall–Kier alpha value is -2.15. The maximum absolute atomic E-state index is 12.2. The highest BCUT2D eigenvalue weighted by Gasteiger charge is 2.22. The molecule has 0 amide bonds. The molecule has 0 unspecified atom stereocenters. The van der Waals surface area contributed by atoms with E-state index in [4.69, 9.17) is 4.74 Å². The molecular formula is C14H19N3O4. The number of anilines is 1. The smallest absolute Gasteiger partial charge is 0.340 e. The molecule has 0 aliphatic carbocycles. The molecule has 1 heterocycles. The Kier molecular flexibility index (Phi) is 5.10. The van der Waals surface area contributed by atoms with Gasteiger partial charge in [0.15, 0.2) is 0 Å². The van der Waals surface area contributed by atoms with E-state index in [0.29, 0.717) is 18.7 Å². The summed E-state index contributed by atoms with van der Waals surface area (Å²) in [7, 11) is 0. The Morgan fingerprint density at radius 3 is 2.76 bits per heavy atom. The second-order valence-electron chi connectivity index (χ2n) is 4.83. The van der Waals surface area contributed by atoms with Crippen LogP contribution in [0, 0.1) is 10.1 Å². The highest BCUT2D eigenvalue weighted by molar-refractivity contribution is 5.96. The van der Waals surface area contributed by atoms with Crippen LogP contribution in [0.2, 0.25) is 0 Å². The summed E-state index contributed by atoms with van der Waals surface area (Å²) in [4.78, 5) is 24.6. The van der Waals surface area contributed by atoms with E-state index in [0.717, 1.165) is 26.2 Å². The third kappa shape index (κ3) is 3.69. The van der Waals surface area contributed by atoms with Gasteiger partial charge in [0.2, 0.25) is 0 Å². The number of hydrogen-bond donors (Lipinski definition) is 1. The Labute approximate surface area is 123 Å². The third-order valence-corrected chi connectivity index (χ3v) is 3.31. The van der Waals surface area contributed by atoms with Gasteiger partial charge in [0.05, 0.1) is 22.8 Å². The van der Waals surface area contributed by atoms with Gasteiger partial charge in [-0.2, -0.15) is 0 Å². The topological polar surface area (TPSA) is 84.7 Å². The molecule has 0 spiro atoms. The molecule has 1 N–H and O–H groups in total. The highest BCUT2D eigenvalue weighted by Crippen LogP contribution is 2.26. The van der Waals surface area contributed by atoms with Crippen LogP contribution in [0.4, 0.5) is 11.4 Å². The molecule has 7 nitrogen and oxygen atoms in total. The van der Waals surface area contributed by atoms with Crippen molar-refractivity contribution in [3.63, 3.8) is 0 Å². The zero-order valence-electron chi connectivity index (χ0n) is 12.0.